The Hall–Kier alpha value is -2.56. The fourth-order valence-electron chi connectivity index (χ4n) is 1.74. The SMILES string of the molecule is O=C(/C(=C\Nc1ccccc1)c1ccccc1)C(F)(F)F. The minimum Gasteiger partial charge on any atom is -0.361 e. The molecule has 0 aliphatic rings. The second kappa shape index (κ2) is 6.26. The lowest BCUT2D eigenvalue weighted by Gasteiger charge is -2.10. The van der Waals surface area contributed by atoms with Gasteiger partial charge in [0.05, 0.1) is 5.57 Å². The van der Waals surface area contributed by atoms with Crippen LogP contribution in [-0.2, 0) is 4.79 Å². The van der Waals surface area contributed by atoms with Crippen LogP contribution < -0.4 is 5.32 Å². The molecular formula is C16H12F3NO. The van der Waals surface area contributed by atoms with Gasteiger partial charge in [0.15, 0.2) is 0 Å². The predicted octanol–water partition coefficient (Wildman–Crippen LogP) is 4.27. The highest BCUT2D eigenvalue weighted by molar-refractivity contribution is 6.23. The number of hydrogen-bond acceptors (Lipinski definition) is 2. The first-order valence-electron chi connectivity index (χ1n) is 6.17. The molecule has 0 spiro atoms. The standard InChI is InChI=1S/C16H12F3NO/c17-16(18,19)15(21)14(12-7-3-1-4-8-12)11-20-13-9-5-2-6-10-13/h1-11,20H/b14-11-. The van der Waals surface area contributed by atoms with Gasteiger partial charge in [-0.25, -0.2) is 0 Å². The largest absolute Gasteiger partial charge is 0.454 e. The maximum absolute atomic E-state index is 12.7. The number of carbonyl (C=O) groups excluding carboxylic acids is 1. The first-order valence-corrected chi connectivity index (χ1v) is 6.17. The molecule has 0 unspecified atom stereocenters. The maximum Gasteiger partial charge on any atom is 0.454 e. The van der Waals surface area contributed by atoms with Gasteiger partial charge in [-0.3, -0.25) is 4.79 Å². The number of hydrogen-bond donors (Lipinski definition) is 1. The predicted molar refractivity (Wildman–Crippen MR) is 75.5 cm³/mol. The van der Waals surface area contributed by atoms with Crippen molar-refractivity contribution in [3.8, 4) is 0 Å². The molecule has 0 aliphatic carbocycles. The Labute approximate surface area is 119 Å². The van der Waals surface area contributed by atoms with Gasteiger partial charge in [-0.15, -0.1) is 0 Å². The van der Waals surface area contributed by atoms with E-state index >= 15 is 0 Å². The molecule has 0 amide bonds. The topological polar surface area (TPSA) is 29.1 Å². The van der Waals surface area contributed by atoms with Gasteiger partial charge in [0.1, 0.15) is 0 Å². The highest BCUT2D eigenvalue weighted by Gasteiger charge is 2.41. The first kappa shape index (κ1) is 14.8. The number of ketones is 1. The van der Waals surface area contributed by atoms with Gasteiger partial charge in [-0.2, -0.15) is 13.2 Å². The van der Waals surface area contributed by atoms with E-state index in [0.717, 1.165) is 6.20 Å². The summed E-state index contributed by atoms with van der Waals surface area (Å²) in [6.07, 6.45) is -3.83. The van der Waals surface area contributed by atoms with Crippen LogP contribution in [0.1, 0.15) is 5.56 Å². The third-order valence-corrected chi connectivity index (χ3v) is 2.74. The van der Waals surface area contributed by atoms with E-state index < -0.39 is 17.5 Å². The molecule has 2 aromatic rings. The smallest absolute Gasteiger partial charge is 0.361 e. The zero-order valence-electron chi connectivity index (χ0n) is 10.9. The molecule has 2 rings (SSSR count). The van der Waals surface area contributed by atoms with Crippen LogP contribution in [0.2, 0.25) is 0 Å². The summed E-state index contributed by atoms with van der Waals surface area (Å²) in [5.41, 5.74) is 0.385. The molecule has 0 saturated heterocycles. The summed E-state index contributed by atoms with van der Waals surface area (Å²) >= 11 is 0. The number of alkyl halides is 3. The van der Waals surface area contributed by atoms with Crippen LogP contribution in [0.5, 0.6) is 0 Å². The first-order chi connectivity index (χ1) is 9.98. The monoisotopic (exact) mass is 291 g/mol. The highest BCUT2D eigenvalue weighted by Crippen LogP contribution is 2.27. The summed E-state index contributed by atoms with van der Waals surface area (Å²) in [6, 6.07) is 16.4. The van der Waals surface area contributed by atoms with Gasteiger partial charge < -0.3 is 5.32 Å². The van der Waals surface area contributed by atoms with E-state index in [9.17, 15) is 18.0 Å². The Balaban J connectivity index is 2.35. The Bertz CT molecular complexity index is 634. The molecule has 108 valence electrons. The molecule has 5 heteroatoms. The number of benzene rings is 2. The highest BCUT2D eigenvalue weighted by atomic mass is 19.4. The van der Waals surface area contributed by atoms with Crippen LogP contribution in [0.3, 0.4) is 0 Å². The van der Waals surface area contributed by atoms with E-state index in [0.29, 0.717) is 5.69 Å². The molecule has 2 nitrogen and oxygen atoms in total. The van der Waals surface area contributed by atoms with Crippen molar-refractivity contribution in [1.29, 1.82) is 0 Å². The second-order valence-corrected chi connectivity index (χ2v) is 4.26. The van der Waals surface area contributed by atoms with Crippen LogP contribution in [0.25, 0.3) is 5.57 Å². The summed E-state index contributed by atoms with van der Waals surface area (Å²) in [6.45, 7) is 0. The third kappa shape index (κ3) is 3.95. The molecule has 0 saturated carbocycles. The molecule has 0 fully saturated rings. The summed E-state index contributed by atoms with van der Waals surface area (Å²) < 4.78 is 38.1. The van der Waals surface area contributed by atoms with E-state index in [1.54, 1.807) is 48.5 Å². The number of allylic oxidation sites excluding steroid dienone is 1. The quantitative estimate of drug-likeness (QED) is 0.852. The average molecular weight is 291 g/mol. The van der Waals surface area contributed by atoms with Crippen molar-refractivity contribution in [3.63, 3.8) is 0 Å². The zero-order valence-corrected chi connectivity index (χ0v) is 10.9. The molecule has 0 bridgehead atoms. The van der Waals surface area contributed by atoms with Gasteiger partial charge in [0.25, 0.3) is 5.78 Å². The van der Waals surface area contributed by atoms with Crippen molar-refractivity contribution < 1.29 is 18.0 Å². The Kier molecular flexibility index (Phi) is 4.42. The van der Waals surface area contributed by atoms with Crippen molar-refractivity contribution >= 4 is 17.0 Å². The molecule has 0 aliphatic heterocycles. The van der Waals surface area contributed by atoms with Gasteiger partial charge in [0, 0.05) is 11.9 Å². The number of carbonyl (C=O) groups is 1. The number of rotatable bonds is 4. The molecule has 0 radical (unpaired) electrons. The second-order valence-electron chi connectivity index (χ2n) is 4.26. The Morgan fingerprint density at radius 2 is 1.43 bits per heavy atom. The fraction of sp³-hybridized carbons (Fsp3) is 0.0625. The van der Waals surface area contributed by atoms with Gasteiger partial charge in [-0.05, 0) is 17.7 Å². The van der Waals surface area contributed by atoms with Crippen LogP contribution in [0, 0.1) is 0 Å². The van der Waals surface area contributed by atoms with E-state index in [1.165, 1.54) is 12.1 Å². The summed E-state index contributed by atoms with van der Waals surface area (Å²) in [7, 11) is 0. The molecule has 21 heavy (non-hydrogen) atoms. The lowest BCUT2D eigenvalue weighted by Crippen LogP contribution is -2.24. The van der Waals surface area contributed by atoms with Crippen LogP contribution in [0.15, 0.2) is 66.9 Å². The van der Waals surface area contributed by atoms with Crippen molar-refractivity contribution in [2.45, 2.75) is 6.18 Å². The summed E-state index contributed by atoms with van der Waals surface area (Å²) in [5, 5.41) is 2.71. The minimum absolute atomic E-state index is 0.211. The van der Waals surface area contributed by atoms with E-state index in [1.807, 2.05) is 0 Å². The number of anilines is 1. The van der Waals surface area contributed by atoms with Gasteiger partial charge in [-0.1, -0.05) is 48.5 Å². The zero-order chi connectivity index (χ0) is 15.3. The van der Waals surface area contributed by atoms with Gasteiger partial charge >= 0.3 is 6.18 Å². The van der Waals surface area contributed by atoms with E-state index in [2.05, 4.69) is 5.32 Å². The number of halogens is 3. The molecule has 0 heterocycles. The number of Topliss-reactive ketones (excluding diaryl/α,β-unsaturated/α-hetero) is 1. The molecular weight excluding hydrogens is 279 g/mol. The lowest BCUT2D eigenvalue weighted by atomic mass is 10.0. The van der Waals surface area contributed by atoms with Crippen LogP contribution in [-0.4, -0.2) is 12.0 Å². The minimum atomic E-state index is -4.92. The van der Waals surface area contributed by atoms with E-state index in [4.69, 9.17) is 0 Å². The summed E-state index contributed by atoms with van der Waals surface area (Å²) in [4.78, 5) is 11.6. The van der Waals surface area contributed by atoms with Gasteiger partial charge in [0.2, 0.25) is 0 Å². The lowest BCUT2D eigenvalue weighted by molar-refractivity contribution is -0.164. The fourth-order valence-corrected chi connectivity index (χ4v) is 1.74. The molecule has 0 atom stereocenters. The summed E-state index contributed by atoms with van der Waals surface area (Å²) in [5.74, 6) is -1.88. The number of nitrogens with one attached hydrogen (secondary N) is 1. The van der Waals surface area contributed by atoms with Crippen molar-refractivity contribution in [1.82, 2.24) is 0 Å². The van der Waals surface area contributed by atoms with Crippen molar-refractivity contribution in [3.05, 3.63) is 72.4 Å². The van der Waals surface area contributed by atoms with Crippen molar-refractivity contribution in [2.75, 3.05) is 5.32 Å². The van der Waals surface area contributed by atoms with E-state index in [-0.39, 0.29) is 5.56 Å². The van der Waals surface area contributed by atoms with Crippen molar-refractivity contribution in [2.24, 2.45) is 0 Å². The average Bonchev–Trinajstić information content (AvgIpc) is 2.48. The molecule has 1 N–H and O–H groups in total. The molecule has 2 aromatic carbocycles. The van der Waals surface area contributed by atoms with Crippen LogP contribution in [0.4, 0.5) is 18.9 Å². The van der Waals surface area contributed by atoms with Crippen LogP contribution >= 0.6 is 0 Å². The Morgan fingerprint density at radius 1 is 0.905 bits per heavy atom. The third-order valence-electron chi connectivity index (χ3n) is 2.74. The Morgan fingerprint density at radius 3 is 1.95 bits per heavy atom. The normalized spacial score (nSPS) is 12.0. The maximum atomic E-state index is 12.7. The number of para-hydroxylation sites is 1. The molecule has 0 aromatic heterocycles.